The maximum absolute atomic E-state index is 12.6. The quantitative estimate of drug-likeness (QED) is 0.464. The van der Waals surface area contributed by atoms with Gasteiger partial charge in [0.25, 0.3) is 0 Å². The van der Waals surface area contributed by atoms with Gasteiger partial charge in [-0.15, -0.1) is 10.2 Å². The number of ether oxygens (including phenoxy) is 1. The first-order chi connectivity index (χ1) is 15.7. The van der Waals surface area contributed by atoms with Gasteiger partial charge in [-0.25, -0.2) is 0 Å². The molecule has 1 amide bonds. The van der Waals surface area contributed by atoms with Crippen molar-refractivity contribution in [2.45, 2.75) is 56.3 Å². The Morgan fingerprint density at radius 3 is 2.50 bits per heavy atom. The zero-order valence-corrected chi connectivity index (χ0v) is 19.5. The molecule has 0 spiro atoms. The van der Waals surface area contributed by atoms with Crippen LogP contribution in [0, 0.1) is 0 Å². The lowest BCUT2D eigenvalue weighted by atomic mass is 9.95. The summed E-state index contributed by atoms with van der Waals surface area (Å²) in [6, 6.07) is 18.3. The van der Waals surface area contributed by atoms with E-state index in [9.17, 15) is 4.79 Å². The summed E-state index contributed by atoms with van der Waals surface area (Å²) in [5.41, 5.74) is 2.11. The number of amides is 1. The Morgan fingerprint density at radius 1 is 1.09 bits per heavy atom. The van der Waals surface area contributed by atoms with Crippen LogP contribution < -0.4 is 10.1 Å². The van der Waals surface area contributed by atoms with Gasteiger partial charge in [0.05, 0.1) is 18.9 Å². The molecule has 1 aromatic heterocycles. The van der Waals surface area contributed by atoms with E-state index in [0.29, 0.717) is 11.8 Å². The number of methoxy groups -OCH3 is 1. The molecule has 4 rings (SSSR count). The van der Waals surface area contributed by atoms with Crippen LogP contribution in [0.3, 0.4) is 0 Å². The number of nitrogens with zero attached hydrogens (tertiary/aromatic N) is 3. The number of carbonyl (C=O) groups excluding carboxylic acids is 1. The van der Waals surface area contributed by atoms with Crippen molar-refractivity contribution in [2.24, 2.45) is 0 Å². The van der Waals surface area contributed by atoms with Crippen molar-refractivity contribution < 1.29 is 9.53 Å². The lowest BCUT2D eigenvalue weighted by Gasteiger charge is -2.25. The van der Waals surface area contributed by atoms with Crippen molar-refractivity contribution in [2.75, 3.05) is 12.9 Å². The van der Waals surface area contributed by atoms with Gasteiger partial charge in [-0.1, -0.05) is 61.4 Å². The van der Waals surface area contributed by atoms with Crippen LogP contribution in [-0.4, -0.2) is 33.5 Å². The van der Waals surface area contributed by atoms with Gasteiger partial charge in [-0.3, -0.25) is 9.36 Å². The van der Waals surface area contributed by atoms with E-state index in [1.54, 1.807) is 7.11 Å². The maximum atomic E-state index is 12.6. The van der Waals surface area contributed by atoms with E-state index in [1.807, 2.05) is 61.5 Å². The van der Waals surface area contributed by atoms with Crippen LogP contribution in [0.25, 0.3) is 11.4 Å². The molecule has 0 aliphatic heterocycles. The first-order valence-electron chi connectivity index (χ1n) is 11.2. The molecular formula is C25H30N4O2S. The normalized spacial score (nSPS) is 15.3. The number of benzene rings is 2. The Kier molecular flexibility index (Phi) is 7.47. The Balaban J connectivity index is 1.50. The topological polar surface area (TPSA) is 69.0 Å². The van der Waals surface area contributed by atoms with Crippen molar-refractivity contribution in [1.29, 1.82) is 0 Å². The number of thioether (sulfide) groups is 1. The second kappa shape index (κ2) is 10.7. The zero-order valence-electron chi connectivity index (χ0n) is 18.7. The van der Waals surface area contributed by atoms with Crippen molar-refractivity contribution in [3.05, 3.63) is 60.2 Å². The lowest BCUT2D eigenvalue weighted by Crippen LogP contribution is -2.28. The average Bonchev–Trinajstić information content (AvgIpc) is 3.28. The Morgan fingerprint density at radius 2 is 1.81 bits per heavy atom. The number of rotatable bonds is 8. The molecule has 7 heteroatoms. The molecule has 0 saturated heterocycles. The van der Waals surface area contributed by atoms with Gasteiger partial charge >= 0.3 is 0 Å². The van der Waals surface area contributed by atoms with Crippen LogP contribution >= 0.6 is 11.8 Å². The smallest absolute Gasteiger partial charge is 0.230 e. The average molecular weight is 451 g/mol. The molecule has 1 atom stereocenters. The second-order valence-electron chi connectivity index (χ2n) is 8.19. The van der Waals surface area contributed by atoms with Crippen LogP contribution in [-0.2, 0) is 4.79 Å². The van der Waals surface area contributed by atoms with Gasteiger partial charge < -0.3 is 10.1 Å². The highest BCUT2D eigenvalue weighted by molar-refractivity contribution is 7.99. The highest BCUT2D eigenvalue weighted by Crippen LogP contribution is 2.36. The predicted octanol–water partition coefficient (Wildman–Crippen LogP) is 5.43. The zero-order chi connectivity index (χ0) is 22.3. The minimum atomic E-state index is -0.0321. The van der Waals surface area contributed by atoms with Gasteiger partial charge in [0.1, 0.15) is 5.75 Å². The number of aromatic nitrogens is 3. The molecular weight excluding hydrogens is 420 g/mol. The lowest BCUT2D eigenvalue weighted by molar-refractivity contribution is -0.119. The molecule has 0 radical (unpaired) electrons. The molecule has 1 aliphatic carbocycles. The van der Waals surface area contributed by atoms with Gasteiger partial charge in [0.15, 0.2) is 11.0 Å². The van der Waals surface area contributed by atoms with E-state index in [2.05, 4.69) is 20.1 Å². The highest BCUT2D eigenvalue weighted by Gasteiger charge is 2.24. The fourth-order valence-electron chi connectivity index (χ4n) is 4.22. The van der Waals surface area contributed by atoms with Crippen molar-refractivity contribution in [3.8, 4) is 17.1 Å². The summed E-state index contributed by atoms with van der Waals surface area (Å²) in [4.78, 5) is 12.6. The summed E-state index contributed by atoms with van der Waals surface area (Å²) in [7, 11) is 1.66. The number of hydrogen-bond acceptors (Lipinski definition) is 5. The monoisotopic (exact) mass is 450 g/mol. The third-order valence-corrected chi connectivity index (χ3v) is 6.91. The van der Waals surface area contributed by atoms with Crippen LogP contribution in [0.1, 0.15) is 56.7 Å². The molecule has 1 N–H and O–H groups in total. The molecule has 1 saturated carbocycles. The summed E-state index contributed by atoms with van der Waals surface area (Å²) in [6.45, 7) is 2.00. The summed E-state index contributed by atoms with van der Waals surface area (Å²) in [5.74, 6) is 1.98. The molecule has 3 aromatic rings. The van der Waals surface area contributed by atoms with E-state index in [4.69, 9.17) is 4.74 Å². The van der Waals surface area contributed by atoms with E-state index in [1.165, 1.54) is 31.0 Å². The third kappa shape index (κ3) is 5.33. The fourth-order valence-corrected chi connectivity index (χ4v) is 5.04. The molecule has 1 aliphatic rings. The highest BCUT2D eigenvalue weighted by atomic mass is 32.2. The molecule has 0 unspecified atom stereocenters. The maximum Gasteiger partial charge on any atom is 0.230 e. The standard InChI is InChI=1S/C25H30N4O2S/c1-18(19-9-5-3-6-10-19)26-23(30)17-32-25-28-27-24(20-13-15-22(31-2)16-14-20)29(25)21-11-7-4-8-12-21/h3,5-6,9-10,13-16,18,21H,4,7-8,11-12,17H2,1-2H3,(H,26,30)/t18-/m1/s1. The molecule has 6 nitrogen and oxygen atoms in total. The largest absolute Gasteiger partial charge is 0.497 e. The molecule has 2 aromatic carbocycles. The van der Waals surface area contributed by atoms with Crippen LogP contribution in [0.2, 0.25) is 0 Å². The molecule has 1 fully saturated rings. The predicted molar refractivity (Wildman–Crippen MR) is 128 cm³/mol. The van der Waals surface area contributed by atoms with Gasteiger partial charge in [-0.2, -0.15) is 0 Å². The summed E-state index contributed by atoms with van der Waals surface area (Å²) < 4.78 is 7.54. The van der Waals surface area contributed by atoms with E-state index >= 15 is 0 Å². The fraction of sp³-hybridized carbons (Fsp3) is 0.400. The summed E-state index contributed by atoms with van der Waals surface area (Å²) >= 11 is 1.46. The molecule has 168 valence electrons. The van der Waals surface area contributed by atoms with E-state index in [0.717, 1.165) is 40.7 Å². The number of carbonyl (C=O) groups is 1. The van der Waals surface area contributed by atoms with Crippen LogP contribution in [0.4, 0.5) is 0 Å². The number of hydrogen-bond donors (Lipinski definition) is 1. The van der Waals surface area contributed by atoms with Gasteiger partial charge in [0.2, 0.25) is 5.91 Å². The minimum Gasteiger partial charge on any atom is -0.497 e. The Hall–Kier alpha value is -2.80. The molecule has 32 heavy (non-hydrogen) atoms. The molecule has 0 bridgehead atoms. The van der Waals surface area contributed by atoms with Gasteiger partial charge in [0, 0.05) is 11.6 Å². The number of nitrogens with one attached hydrogen (secondary N) is 1. The second-order valence-corrected chi connectivity index (χ2v) is 9.13. The Labute approximate surface area is 193 Å². The van der Waals surface area contributed by atoms with Crippen molar-refractivity contribution >= 4 is 17.7 Å². The van der Waals surface area contributed by atoms with Crippen molar-refractivity contribution in [1.82, 2.24) is 20.1 Å². The van der Waals surface area contributed by atoms with E-state index in [-0.39, 0.29) is 11.9 Å². The summed E-state index contributed by atoms with van der Waals surface area (Å²) in [5, 5.41) is 12.9. The third-order valence-electron chi connectivity index (χ3n) is 5.96. The summed E-state index contributed by atoms with van der Waals surface area (Å²) in [6.07, 6.45) is 5.94. The first kappa shape index (κ1) is 22.4. The van der Waals surface area contributed by atoms with Crippen molar-refractivity contribution in [3.63, 3.8) is 0 Å². The van der Waals surface area contributed by atoms with E-state index < -0.39 is 0 Å². The first-order valence-corrected chi connectivity index (χ1v) is 12.2. The minimum absolute atomic E-state index is 0.00413. The molecule has 1 heterocycles. The SMILES string of the molecule is COc1ccc(-c2nnc(SCC(=O)N[C@H](C)c3ccccc3)n2C2CCCCC2)cc1. The van der Waals surface area contributed by atoms with Gasteiger partial charge in [-0.05, 0) is 49.6 Å². The Bertz CT molecular complexity index is 1010. The van der Waals surface area contributed by atoms with Crippen LogP contribution in [0.15, 0.2) is 59.8 Å². The van der Waals surface area contributed by atoms with Crippen LogP contribution in [0.5, 0.6) is 5.75 Å².